The van der Waals surface area contributed by atoms with Crippen LogP contribution in [0.4, 0.5) is 14.5 Å². The molecule has 0 bridgehead atoms. The largest absolute Gasteiger partial charge is 0.433 e. The van der Waals surface area contributed by atoms with Crippen molar-refractivity contribution >= 4 is 11.6 Å². The van der Waals surface area contributed by atoms with Crippen molar-refractivity contribution in [2.75, 3.05) is 4.90 Å². The third-order valence-electron chi connectivity index (χ3n) is 4.75. The molecule has 1 aliphatic rings. The van der Waals surface area contributed by atoms with Crippen LogP contribution in [-0.4, -0.2) is 32.7 Å². The number of aryl methyl sites for hydroxylation is 1. The van der Waals surface area contributed by atoms with Crippen LogP contribution in [0.3, 0.4) is 0 Å². The summed E-state index contributed by atoms with van der Waals surface area (Å²) in [6, 6.07) is 3.19. The van der Waals surface area contributed by atoms with Crippen molar-refractivity contribution in [1.29, 1.82) is 0 Å². The number of H-pyrrole nitrogens is 1. The Morgan fingerprint density at radius 3 is 2.68 bits per heavy atom. The van der Waals surface area contributed by atoms with Gasteiger partial charge in [-0.15, -0.1) is 0 Å². The molecule has 28 heavy (non-hydrogen) atoms. The summed E-state index contributed by atoms with van der Waals surface area (Å²) in [5, 5.41) is 6.65. The van der Waals surface area contributed by atoms with Gasteiger partial charge in [0.2, 0.25) is 0 Å². The Balaban J connectivity index is 1.82. The van der Waals surface area contributed by atoms with Crippen LogP contribution in [-0.2, 0) is 5.54 Å². The Hall–Kier alpha value is -3.36. The predicted octanol–water partition coefficient (Wildman–Crippen LogP) is 3.67. The number of fused-ring (bicyclic) bond motifs is 1. The zero-order chi connectivity index (χ0) is 20.1. The fourth-order valence-corrected chi connectivity index (χ4v) is 3.54. The fraction of sp³-hybridized carbons (Fsp3) is 0.263. The average Bonchev–Trinajstić information content (AvgIpc) is 3.20. The molecular formula is C19H17F2N5O2. The number of aromatic nitrogens is 4. The second-order valence-corrected chi connectivity index (χ2v) is 6.99. The second-order valence-electron chi connectivity index (χ2n) is 6.99. The van der Waals surface area contributed by atoms with Crippen molar-refractivity contribution in [3.63, 3.8) is 0 Å². The number of hydrogen-bond acceptors (Lipinski definition) is 5. The number of pyridine rings is 2. The van der Waals surface area contributed by atoms with E-state index in [2.05, 4.69) is 19.9 Å². The van der Waals surface area contributed by atoms with E-state index >= 15 is 0 Å². The summed E-state index contributed by atoms with van der Waals surface area (Å²) in [4.78, 5) is 23.4. The molecule has 0 spiro atoms. The zero-order valence-electron chi connectivity index (χ0n) is 15.4. The van der Waals surface area contributed by atoms with Crippen LogP contribution in [0.15, 0.2) is 36.9 Å². The van der Waals surface area contributed by atoms with Crippen LogP contribution in [0.5, 0.6) is 5.75 Å². The third kappa shape index (κ3) is 2.79. The minimum atomic E-state index is -2.94. The monoisotopic (exact) mass is 385 g/mol. The number of nitrogens with zero attached hydrogens (tertiary/aromatic N) is 4. The summed E-state index contributed by atoms with van der Waals surface area (Å²) in [7, 11) is 0. The Morgan fingerprint density at radius 2 is 2.00 bits per heavy atom. The highest BCUT2D eigenvalue weighted by molar-refractivity contribution is 6.12. The molecule has 4 heterocycles. The van der Waals surface area contributed by atoms with Crippen molar-refractivity contribution in [3.05, 3.63) is 53.7 Å². The lowest BCUT2D eigenvalue weighted by atomic mass is 9.96. The van der Waals surface area contributed by atoms with Gasteiger partial charge in [-0.1, -0.05) is 0 Å². The Kier molecular flexibility index (Phi) is 4.10. The highest BCUT2D eigenvalue weighted by Gasteiger charge is 2.46. The van der Waals surface area contributed by atoms with Gasteiger partial charge >= 0.3 is 6.61 Å². The van der Waals surface area contributed by atoms with E-state index in [1.807, 2.05) is 20.8 Å². The number of carbonyl (C=O) groups excluding carboxylic acids is 1. The molecule has 3 aromatic heterocycles. The molecule has 0 aromatic carbocycles. The van der Waals surface area contributed by atoms with Gasteiger partial charge in [-0.3, -0.25) is 19.8 Å². The first kappa shape index (κ1) is 18.0. The van der Waals surface area contributed by atoms with Gasteiger partial charge in [0.1, 0.15) is 5.75 Å². The van der Waals surface area contributed by atoms with Crippen LogP contribution in [0.2, 0.25) is 0 Å². The fourth-order valence-electron chi connectivity index (χ4n) is 3.54. The van der Waals surface area contributed by atoms with Gasteiger partial charge < -0.3 is 4.74 Å². The summed E-state index contributed by atoms with van der Waals surface area (Å²) in [5.41, 5.74) is 2.85. The van der Waals surface area contributed by atoms with Crippen molar-refractivity contribution in [2.45, 2.75) is 32.9 Å². The van der Waals surface area contributed by atoms with E-state index < -0.39 is 12.2 Å². The number of nitrogens with one attached hydrogen (secondary N) is 1. The quantitative estimate of drug-likeness (QED) is 0.741. The van der Waals surface area contributed by atoms with E-state index in [1.54, 1.807) is 23.4 Å². The van der Waals surface area contributed by atoms with Gasteiger partial charge in [0, 0.05) is 18.0 Å². The van der Waals surface area contributed by atoms with Crippen LogP contribution < -0.4 is 9.64 Å². The zero-order valence-corrected chi connectivity index (χ0v) is 15.4. The number of hydrogen-bond donors (Lipinski definition) is 1. The van der Waals surface area contributed by atoms with E-state index in [1.165, 1.54) is 18.5 Å². The van der Waals surface area contributed by atoms with Crippen LogP contribution in [0, 0.1) is 6.92 Å². The first-order valence-corrected chi connectivity index (χ1v) is 8.54. The molecule has 0 atom stereocenters. The highest BCUT2D eigenvalue weighted by atomic mass is 19.3. The Morgan fingerprint density at radius 1 is 1.21 bits per heavy atom. The molecule has 1 N–H and O–H groups in total. The van der Waals surface area contributed by atoms with Crippen molar-refractivity contribution in [3.8, 4) is 17.0 Å². The van der Waals surface area contributed by atoms with E-state index in [-0.39, 0.29) is 11.7 Å². The second kappa shape index (κ2) is 6.36. The maximum atomic E-state index is 13.1. The summed E-state index contributed by atoms with van der Waals surface area (Å²) < 4.78 is 29.4. The maximum absolute atomic E-state index is 13.1. The van der Waals surface area contributed by atoms with E-state index in [4.69, 9.17) is 4.98 Å². The lowest BCUT2D eigenvalue weighted by Crippen LogP contribution is -2.39. The summed E-state index contributed by atoms with van der Waals surface area (Å²) in [6.45, 7) is 2.68. The lowest BCUT2D eigenvalue weighted by Gasteiger charge is -2.30. The van der Waals surface area contributed by atoms with Crippen molar-refractivity contribution in [2.24, 2.45) is 0 Å². The van der Waals surface area contributed by atoms with Gasteiger partial charge in [-0.25, -0.2) is 4.98 Å². The van der Waals surface area contributed by atoms with Crippen LogP contribution in [0.1, 0.15) is 35.5 Å². The molecule has 1 aliphatic heterocycles. The summed E-state index contributed by atoms with van der Waals surface area (Å²) in [6.07, 6.45) is 5.96. The van der Waals surface area contributed by atoms with Crippen LogP contribution >= 0.6 is 0 Å². The van der Waals surface area contributed by atoms with E-state index in [0.29, 0.717) is 28.2 Å². The molecule has 1 amide bonds. The molecule has 144 valence electrons. The molecule has 0 saturated carbocycles. The smallest absolute Gasteiger partial charge is 0.387 e. The average molecular weight is 385 g/mol. The molecule has 0 unspecified atom stereocenters. The Bertz CT molecular complexity index is 1050. The lowest BCUT2D eigenvalue weighted by molar-refractivity contribution is -0.0500. The SMILES string of the molecule is Cc1cc(-c2cncc(OC(F)F)c2)nc2c1C(=O)N(c1cn[nH]c1)C2(C)C. The molecule has 0 saturated heterocycles. The van der Waals surface area contributed by atoms with Crippen molar-refractivity contribution in [1.82, 2.24) is 20.2 Å². The number of ether oxygens (including phenoxy) is 1. The van der Waals surface area contributed by atoms with Gasteiger partial charge in [-0.05, 0) is 38.5 Å². The van der Waals surface area contributed by atoms with Crippen molar-refractivity contribution < 1.29 is 18.3 Å². The molecule has 0 fully saturated rings. The number of alkyl halides is 2. The number of amides is 1. The number of anilines is 1. The molecular weight excluding hydrogens is 368 g/mol. The van der Waals surface area contributed by atoms with Gasteiger partial charge in [0.25, 0.3) is 5.91 Å². The van der Waals surface area contributed by atoms with Gasteiger partial charge in [0.15, 0.2) is 0 Å². The number of carbonyl (C=O) groups is 1. The first-order valence-electron chi connectivity index (χ1n) is 8.54. The van der Waals surface area contributed by atoms with Gasteiger partial charge in [0.05, 0.1) is 40.6 Å². The maximum Gasteiger partial charge on any atom is 0.387 e. The molecule has 3 aromatic rings. The summed E-state index contributed by atoms with van der Waals surface area (Å²) in [5.74, 6) is -0.214. The standard InChI is InChI=1S/C19H17F2N5O2/c1-10-4-14(11-5-13(9-22-6-11)28-18(20)21)25-16-15(10)17(27)26(19(16,2)3)12-7-23-24-8-12/h4-9,18H,1-3H3,(H,23,24). The predicted molar refractivity (Wildman–Crippen MR) is 97.3 cm³/mol. The molecule has 4 rings (SSSR count). The molecule has 0 aliphatic carbocycles. The highest BCUT2D eigenvalue weighted by Crippen LogP contribution is 2.42. The number of rotatable bonds is 4. The van der Waals surface area contributed by atoms with E-state index in [0.717, 1.165) is 5.56 Å². The summed E-state index contributed by atoms with van der Waals surface area (Å²) >= 11 is 0. The normalized spacial score (nSPS) is 15.2. The number of aromatic amines is 1. The molecule has 9 heteroatoms. The molecule has 0 radical (unpaired) electrons. The first-order chi connectivity index (χ1) is 13.3. The van der Waals surface area contributed by atoms with Crippen LogP contribution in [0.25, 0.3) is 11.3 Å². The third-order valence-corrected chi connectivity index (χ3v) is 4.75. The number of halogens is 2. The Labute approximate surface area is 159 Å². The van der Waals surface area contributed by atoms with E-state index in [9.17, 15) is 13.6 Å². The van der Waals surface area contributed by atoms with Gasteiger partial charge in [-0.2, -0.15) is 13.9 Å². The minimum Gasteiger partial charge on any atom is -0.433 e. The molecule has 7 nitrogen and oxygen atoms in total. The minimum absolute atomic E-state index is 0.0530. The topological polar surface area (TPSA) is 84.0 Å².